The minimum absolute atomic E-state index is 0.291. The van der Waals surface area contributed by atoms with Crippen molar-refractivity contribution in [2.45, 2.75) is 18.4 Å². The third kappa shape index (κ3) is 6.10. The number of nitrogens with two attached hydrogens (primary N) is 1. The van der Waals surface area contributed by atoms with Gasteiger partial charge in [0.05, 0.1) is 0 Å². The van der Waals surface area contributed by atoms with Gasteiger partial charge in [-0.25, -0.2) is 0 Å². The van der Waals surface area contributed by atoms with E-state index < -0.39 is 5.91 Å². The van der Waals surface area contributed by atoms with Crippen LogP contribution in [0.3, 0.4) is 0 Å². The summed E-state index contributed by atoms with van der Waals surface area (Å²) in [5, 5.41) is 16.7. The number of rotatable bonds is 2. The summed E-state index contributed by atoms with van der Waals surface area (Å²) in [7, 11) is 0.970. The van der Waals surface area contributed by atoms with E-state index in [1.165, 1.54) is 0 Å². The molecule has 0 aliphatic rings. The highest BCUT2D eigenvalue weighted by atomic mass is 28.1. The first-order valence-electron chi connectivity index (χ1n) is 2.30. The van der Waals surface area contributed by atoms with E-state index in [0.29, 0.717) is 6.42 Å². The van der Waals surface area contributed by atoms with Crippen LogP contribution in [-0.4, -0.2) is 26.4 Å². The van der Waals surface area contributed by atoms with E-state index in [1.54, 1.807) is 0 Å². The molecule has 3 nitrogen and oxygen atoms in total. The molecule has 0 aliphatic heterocycles. The van der Waals surface area contributed by atoms with Gasteiger partial charge in [-0.15, -0.1) is 0 Å². The fourth-order valence-electron chi connectivity index (χ4n) is 0.368. The van der Waals surface area contributed by atoms with Crippen LogP contribution in [0.4, 0.5) is 0 Å². The van der Waals surface area contributed by atoms with Gasteiger partial charge >= 0.3 is 0 Å². The van der Waals surface area contributed by atoms with Crippen LogP contribution < -0.4 is 5.73 Å². The second kappa shape index (κ2) is 2.42. The molecule has 0 bridgehead atoms. The van der Waals surface area contributed by atoms with Gasteiger partial charge in [0.2, 0.25) is 5.91 Å². The third-order valence-electron chi connectivity index (χ3n) is 0.618. The molecule has 0 heterocycles. The molecule has 0 aromatic heterocycles. The van der Waals surface area contributed by atoms with E-state index >= 15 is 0 Å². The fourth-order valence-corrected chi connectivity index (χ4v) is 1.10. The Hall–Kier alpha value is 0.0969. The zero-order valence-electron chi connectivity index (χ0n) is 4.39. The largest absolute Gasteiger partial charge is 0.354 e. The Morgan fingerprint density at radius 1 is 1.57 bits per heavy atom. The highest BCUT2D eigenvalue weighted by Gasteiger charge is 2.11. The first kappa shape index (κ1) is 7.10. The van der Waals surface area contributed by atoms with Gasteiger partial charge in [-0.2, -0.15) is 0 Å². The quantitative estimate of drug-likeness (QED) is 0.286. The van der Waals surface area contributed by atoms with Crippen molar-refractivity contribution in [2.75, 3.05) is 0 Å². The molecule has 0 saturated heterocycles. The molecule has 44 valence electrons. The lowest BCUT2D eigenvalue weighted by Gasteiger charge is -2.12. The fraction of sp³-hybridized carbons (Fsp3) is 1.00. The third-order valence-corrected chi connectivity index (χ3v) is 1.12. The number of hydrogen-bond acceptors (Lipinski definition) is 3. The predicted molar refractivity (Wildman–Crippen MR) is 30.7 cm³/mol. The lowest BCUT2D eigenvalue weighted by molar-refractivity contribution is -0.156. The van der Waals surface area contributed by atoms with Gasteiger partial charge in [-0.3, -0.25) is 5.73 Å². The SMILES string of the molecule is NC(O)(O)CC[SiH3]. The second-order valence-corrected chi connectivity index (χ2v) is 2.63. The molecule has 0 fully saturated rings. The molecular weight excluding hydrogens is 110 g/mol. The van der Waals surface area contributed by atoms with Crippen LogP contribution in [0.5, 0.6) is 0 Å². The van der Waals surface area contributed by atoms with Gasteiger partial charge in [0, 0.05) is 16.7 Å². The van der Waals surface area contributed by atoms with Crippen molar-refractivity contribution in [3.05, 3.63) is 0 Å². The summed E-state index contributed by atoms with van der Waals surface area (Å²) in [6.45, 7) is 0. The number of hydrogen-bond donors (Lipinski definition) is 3. The average Bonchev–Trinajstić information content (AvgIpc) is 1.30. The summed E-state index contributed by atoms with van der Waals surface area (Å²) in [6, 6.07) is 0.823. The summed E-state index contributed by atoms with van der Waals surface area (Å²) in [6.07, 6.45) is 0.291. The highest BCUT2D eigenvalue weighted by molar-refractivity contribution is 6.08. The van der Waals surface area contributed by atoms with E-state index in [4.69, 9.17) is 15.9 Å². The van der Waals surface area contributed by atoms with Crippen LogP contribution in [0.2, 0.25) is 6.04 Å². The van der Waals surface area contributed by atoms with Crippen LogP contribution in [0.1, 0.15) is 6.42 Å². The monoisotopic (exact) mass is 121 g/mol. The van der Waals surface area contributed by atoms with Crippen LogP contribution in [0, 0.1) is 0 Å². The van der Waals surface area contributed by atoms with Gasteiger partial charge in [0.25, 0.3) is 0 Å². The Morgan fingerprint density at radius 3 is 2.00 bits per heavy atom. The topological polar surface area (TPSA) is 66.5 Å². The van der Waals surface area contributed by atoms with Crippen molar-refractivity contribution in [3.63, 3.8) is 0 Å². The van der Waals surface area contributed by atoms with E-state index in [9.17, 15) is 0 Å². The Kier molecular flexibility index (Phi) is 2.45. The summed E-state index contributed by atoms with van der Waals surface area (Å²) >= 11 is 0. The molecule has 0 unspecified atom stereocenters. The zero-order chi connectivity index (χ0) is 5.91. The van der Waals surface area contributed by atoms with Crippen LogP contribution in [0.25, 0.3) is 0 Å². The van der Waals surface area contributed by atoms with Gasteiger partial charge in [-0.05, 0) is 0 Å². The van der Waals surface area contributed by atoms with Gasteiger partial charge in [0.1, 0.15) is 0 Å². The van der Waals surface area contributed by atoms with Crippen molar-refractivity contribution in [2.24, 2.45) is 5.73 Å². The summed E-state index contributed by atoms with van der Waals surface area (Å²) in [4.78, 5) is 0. The van der Waals surface area contributed by atoms with E-state index in [-0.39, 0.29) is 0 Å². The predicted octanol–water partition coefficient (Wildman–Crippen LogP) is -2.24. The maximum atomic E-state index is 8.37. The minimum Gasteiger partial charge on any atom is -0.354 e. The molecule has 0 aromatic carbocycles. The molecule has 4 heteroatoms. The Balaban J connectivity index is 3.15. The van der Waals surface area contributed by atoms with Gasteiger partial charge < -0.3 is 10.2 Å². The average molecular weight is 121 g/mol. The van der Waals surface area contributed by atoms with Crippen LogP contribution in [-0.2, 0) is 0 Å². The Labute approximate surface area is 45.6 Å². The van der Waals surface area contributed by atoms with Gasteiger partial charge in [0.15, 0.2) is 0 Å². The zero-order valence-corrected chi connectivity index (χ0v) is 6.39. The van der Waals surface area contributed by atoms with E-state index in [0.717, 1.165) is 16.3 Å². The first-order chi connectivity index (χ1) is 3.06. The van der Waals surface area contributed by atoms with E-state index in [2.05, 4.69) is 0 Å². The van der Waals surface area contributed by atoms with Crippen molar-refractivity contribution < 1.29 is 10.2 Å². The molecule has 0 aliphatic carbocycles. The normalized spacial score (nSPS) is 12.4. The molecule has 0 atom stereocenters. The maximum Gasteiger partial charge on any atom is 0.219 e. The second-order valence-electron chi connectivity index (χ2n) is 1.63. The first-order valence-corrected chi connectivity index (χ1v) is 3.71. The summed E-state index contributed by atoms with van der Waals surface area (Å²) in [5.74, 6) is -1.91. The van der Waals surface area contributed by atoms with Crippen LogP contribution in [0.15, 0.2) is 0 Å². The Bertz CT molecular complexity index is 51.4. The van der Waals surface area contributed by atoms with Crippen molar-refractivity contribution >= 4 is 10.2 Å². The number of aliphatic hydroxyl groups is 2. The summed E-state index contributed by atoms with van der Waals surface area (Å²) < 4.78 is 0. The van der Waals surface area contributed by atoms with Crippen molar-refractivity contribution in [1.82, 2.24) is 0 Å². The highest BCUT2D eigenvalue weighted by Crippen LogP contribution is 1.96. The van der Waals surface area contributed by atoms with Crippen LogP contribution >= 0.6 is 0 Å². The molecule has 0 saturated carbocycles. The molecule has 4 N–H and O–H groups in total. The molecule has 7 heavy (non-hydrogen) atoms. The van der Waals surface area contributed by atoms with E-state index in [1.807, 2.05) is 0 Å². The Morgan fingerprint density at radius 2 is 2.00 bits per heavy atom. The molecule has 0 spiro atoms. The van der Waals surface area contributed by atoms with Gasteiger partial charge in [-0.1, -0.05) is 6.04 Å². The smallest absolute Gasteiger partial charge is 0.219 e. The minimum atomic E-state index is -1.91. The molecular formula is C3H11NO2Si. The standard InChI is InChI=1S/C3H11NO2Si/c4-3(5,6)1-2-7/h5-6H,1-2,4H2,7H3. The molecule has 0 radical (unpaired) electrons. The summed E-state index contributed by atoms with van der Waals surface area (Å²) in [5.41, 5.74) is 4.78. The van der Waals surface area contributed by atoms with Crippen molar-refractivity contribution in [3.8, 4) is 0 Å². The molecule has 0 rings (SSSR count). The maximum absolute atomic E-state index is 8.37. The molecule has 0 amide bonds. The lowest BCUT2D eigenvalue weighted by Crippen LogP contribution is -2.38. The molecule has 0 aromatic rings. The van der Waals surface area contributed by atoms with Crippen molar-refractivity contribution in [1.29, 1.82) is 0 Å². The lowest BCUT2D eigenvalue weighted by atomic mass is 10.4.